The van der Waals surface area contributed by atoms with Crippen molar-refractivity contribution in [2.45, 2.75) is 43.1 Å². The molecule has 0 bridgehead atoms. The van der Waals surface area contributed by atoms with Crippen molar-refractivity contribution in [3.05, 3.63) is 24.3 Å². The summed E-state index contributed by atoms with van der Waals surface area (Å²) in [5.74, 6) is -7.88. The number of carbonyl (C=O) groups is 1. The number of sulfonamides is 1. The maximum atomic E-state index is 13.6. The van der Waals surface area contributed by atoms with Gasteiger partial charge in [0.05, 0.1) is 4.90 Å². The van der Waals surface area contributed by atoms with E-state index in [1.54, 1.807) is 5.32 Å². The van der Waals surface area contributed by atoms with Gasteiger partial charge in [-0.2, -0.15) is 0 Å². The second kappa shape index (κ2) is 6.20. The second-order valence-corrected chi connectivity index (χ2v) is 7.12. The van der Waals surface area contributed by atoms with E-state index in [0.29, 0.717) is 6.92 Å². The topological polar surface area (TPSA) is 101 Å². The Bertz CT molecular complexity index is 713. The van der Waals surface area contributed by atoms with Gasteiger partial charge in [-0.15, -0.1) is 0 Å². The molecular formula is C13H17F4N3O3S. The lowest BCUT2D eigenvalue weighted by molar-refractivity contribution is -0.173. The molecule has 1 aromatic carbocycles. The smallest absolute Gasteiger partial charge is 0.320 e. The van der Waals surface area contributed by atoms with E-state index in [4.69, 9.17) is 5.14 Å². The molecule has 0 aromatic heterocycles. The molecule has 4 N–H and O–H groups in total. The lowest BCUT2D eigenvalue weighted by Crippen LogP contribution is -2.67. The number of hydrogen-bond acceptors (Lipinski definition) is 3. The van der Waals surface area contributed by atoms with Crippen molar-refractivity contribution in [2.24, 2.45) is 5.14 Å². The van der Waals surface area contributed by atoms with Gasteiger partial charge in [-0.3, -0.25) is 0 Å². The van der Waals surface area contributed by atoms with E-state index in [2.05, 4.69) is 0 Å². The van der Waals surface area contributed by atoms with Crippen LogP contribution in [0.15, 0.2) is 29.2 Å². The van der Waals surface area contributed by atoms with Gasteiger partial charge in [-0.05, 0) is 25.1 Å². The SMILES string of the molecule is CC(F)(F)C(C)(NC(=O)Nc1cccc(S(N)(=O)=O)c1)C(C)(F)F. The van der Waals surface area contributed by atoms with Crippen LogP contribution in [0.3, 0.4) is 0 Å². The fourth-order valence-electron chi connectivity index (χ4n) is 1.75. The average molecular weight is 371 g/mol. The highest BCUT2D eigenvalue weighted by molar-refractivity contribution is 7.89. The first-order valence-electron chi connectivity index (χ1n) is 6.55. The summed E-state index contributed by atoms with van der Waals surface area (Å²) < 4.78 is 76.7. The van der Waals surface area contributed by atoms with Crippen LogP contribution in [-0.2, 0) is 10.0 Å². The average Bonchev–Trinajstić information content (AvgIpc) is 2.35. The van der Waals surface area contributed by atoms with Gasteiger partial charge in [-0.25, -0.2) is 35.9 Å². The van der Waals surface area contributed by atoms with E-state index in [-0.39, 0.29) is 24.4 Å². The van der Waals surface area contributed by atoms with Crippen molar-refractivity contribution >= 4 is 21.7 Å². The zero-order valence-electron chi connectivity index (χ0n) is 13.0. The molecule has 0 aliphatic carbocycles. The van der Waals surface area contributed by atoms with Gasteiger partial charge >= 0.3 is 6.03 Å². The largest absolute Gasteiger partial charge is 0.321 e. The molecular weight excluding hydrogens is 354 g/mol. The first-order valence-corrected chi connectivity index (χ1v) is 8.10. The Hall–Kier alpha value is -1.88. The van der Waals surface area contributed by atoms with Crippen LogP contribution in [0.4, 0.5) is 28.0 Å². The van der Waals surface area contributed by atoms with E-state index < -0.39 is 33.4 Å². The summed E-state index contributed by atoms with van der Waals surface area (Å²) in [6.45, 7) is 1.02. The number of carbonyl (C=O) groups excluding carboxylic acids is 1. The highest BCUT2D eigenvalue weighted by Gasteiger charge is 2.61. The van der Waals surface area contributed by atoms with Crippen molar-refractivity contribution in [1.29, 1.82) is 0 Å². The van der Waals surface area contributed by atoms with E-state index in [9.17, 15) is 30.8 Å². The number of nitrogens with one attached hydrogen (secondary N) is 2. The summed E-state index contributed by atoms with van der Waals surface area (Å²) in [5, 5.41) is 8.48. The minimum atomic E-state index is -4.05. The van der Waals surface area contributed by atoms with Crippen molar-refractivity contribution < 1.29 is 30.8 Å². The van der Waals surface area contributed by atoms with Crippen LogP contribution in [0.5, 0.6) is 0 Å². The molecule has 0 saturated heterocycles. The Morgan fingerprint density at radius 3 is 2.00 bits per heavy atom. The number of rotatable bonds is 5. The van der Waals surface area contributed by atoms with Crippen molar-refractivity contribution in [1.82, 2.24) is 5.32 Å². The van der Waals surface area contributed by atoms with E-state index >= 15 is 0 Å². The first kappa shape index (κ1) is 20.2. The molecule has 2 amide bonds. The maximum Gasteiger partial charge on any atom is 0.320 e. The zero-order valence-corrected chi connectivity index (χ0v) is 13.8. The van der Waals surface area contributed by atoms with Crippen LogP contribution in [0.25, 0.3) is 0 Å². The van der Waals surface area contributed by atoms with Crippen LogP contribution in [0.2, 0.25) is 0 Å². The van der Waals surface area contributed by atoms with Gasteiger partial charge in [-0.1, -0.05) is 6.07 Å². The van der Waals surface area contributed by atoms with Crippen LogP contribution in [0, 0.1) is 0 Å². The minimum absolute atomic E-state index is 0.125. The molecule has 136 valence electrons. The van der Waals surface area contributed by atoms with Crippen LogP contribution in [0.1, 0.15) is 20.8 Å². The van der Waals surface area contributed by atoms with Gasteiger partial charge in [0.15, 0.2) is 5.54 Å². The number of primary sulfonamides is 1. The molecule has 0 unspecified atom stereocenters. The Morgan fingerprint density at radius 2 is 1.58 bits per heavy atom. The van der Waals surface area contributed by atoms with Crippen LogP contribution < -0.4 is 15.8 Å². The number of alkyl halides is 4. The zero-order chi connectivity index (χ0) is 19.0. The fraction of sp³-hybridized carbons (Fsp3) is 0.462. The summed E-state index contributed by atoms with van der Waals surface area (Å²) in [5.41, 5.74) is -3.29. The summed E-state index contributed by atoms with van der Waals surface area (Å²) in [6.07, 6.45) is 0. The van der Waals surface area contributed by atoms with Gasteiger partial charge < -0.3 is 10.6 Å². The number of halogens is 4. The lowest BCUT2D eigenvalue weighted by Gasteiger charge is -2.40. The fourth-order valence-corrected chi connectivity index (χ4v) is 2.30. The molecule has 0 atom stereocenters. The molecule has 0 radical (unpaired) electrons. The van der Waals surface area contributed by atoms with Crippen molar-refractivity contribution in [3.8, 4) is 0 Å². The first-order chi connectivity index (χ1) is 10.6. The highest BCUT2D eigenvalue weighted by Crippen LogP contribution is 2.40. The molecule has 0 heterocycles. The molecule has 0 aliphatic rings. The molecule has 6 nitrogen and oxygen atoms in total. The standard InChI is InChI=1S/C13H17F4N3O3S/c1-11(12(2,14)15,13(3,16)17)20-10(21)19-8-5-4-6-9(7-8)24(18,22)23/h4-7H,1-3H3,(H2,18,22,23)(H2,19,20,21). The van der Waals surface area contributed by atoms with Crippen LogP contribution >= 0.6 is 0 Å². The third-order valence-corrected chi connectivity index (χ3v) is 4.45. The predicted octanol–water partition coefficient (Wildman–Crippen LogP) is 2.52. The number of urea groups is 1. The van der Waals surface area contributed by atoms with Crippen molar-refractivity contribution in [3.63, 3.8) is 0 Å². The molecule has 24 heavy (non-hydrogen) atoms. The van der Waals surface area contributed by atoms with E-state index in [0.717, 1.165) is 12.1 Å². The molecule has 1 rings (SSSR count). The Labute approximate surface area is 136 Å². The monoisotopic (exact) mass is 371 g/mol. The van der Waals surface area contributed by atoms with E-state index in [1.165, 1.54) is 12.1 Å². The second-order valence-electron chi connectivity index (χ2n) is 5.55. The Balaban J connectivity index is 3.04. The molecule has 11 heteroatoms. The van der Waals surface area contributed by atoms with E-state index in [1.807, 2.05) is 5.32 Å². The quantitative estimate of drug-likeness (QED) is 0.693. The number of benzene rings is 1. The van der Waals surface area contributed by atoms with Gasteiger partial charge in [0.2, 0.25) is 10.0 Å². The lowest BCUT2D eigenvalue weighted by atomic mass is 9.88. The third kappa shape index (κ3) is 4.35. The van der Waals surface area contributed by atoms with Gasteiger partial charge in [0.25, 0.3) is 11.8 Å². The van der Waals surface area contributed by atoms with Gasteiger partial charge in [0, 0.05) is 19.5 Å². The molecule has 0 fully saturated rings. The van der Waals surface area contributed by atoms with Gasteiger partial charge in [0.1, 0.15) is 0 Å². The van der Waals surface area contributed by atoms with Crippen molar-refractivity contribution in [2.75, 3.05) is 5.32 Å². The number of amides is 2. The maximum absolute atomic E-state index is 13.6. The minimum Gasteiger partial charge on any atom is -0.321 e. The van der Waals surface area contributed by atoms with Crippen LogP contribution in [-0.4, -0.2) is 31.8 Å². The molecule has 1 aromatic rings. The molecule has 0 spiro atoms. The normalized spacial score (nSPS) is 13.5. The highest BCUT2D eigenvalue weighted by atomic mass is 32.2. The molecule has 0 aliphatic heterocycles. The number of hydrogen-bond donors (Lipinski definition) is 3. The summed E-state index contributed by atoms with van der Waals surface area (Å²) in [6, 6.07) is 3.22. The summed E-state index contributed by atoms with van der Waals surface area (Å²) in [7, 11) is -4.05. The summed E-state index contributed by atoms with van der Waals surface area (Å²) >= 11 is 0. The number of nitrogens with two attached hydrogens (primary N) is 1. The summed E-state index contributed by atoms with van der Waals surface area (Å²) in [4.78, 5) is 11.5. The Kier molecular flexibility index (Phi) is 5.21. The number of anilines is 1. The third-order valence-electron chi connectivity index (χ3n) is 3.54. The Morgan fingerprint density at radius 1 is 1.08 bits per heavy atom. The molecule has 0 saturated carbocycles. The predicted molar refractivity (Wildman–Crippen MR) is 79.6 cm³/mol.